The fraction of sp³-hybridized carbons (Fsp3) is 0.214. The minimum atomic E-state index is -4.50. The zero-order valence-electron chi connectivity index (χ0n) is 21.9. The molecule has 0 radical (unpaired) electrons. The van der Waals surface area contributed by atoms with E-state index in [9.17, 15) is 27.6 Å². The molecule has 3 N–H and O–H groups in total. The van der Waals surface area contributed by atoms with Crippen LogP contribution in [0.5, 0.6) is 0 Å². The van der Waals surface area contributed by atoms with Crippen LogP contribution >= 0.6 is 24.5 Å². The van der Waals surface area contributed by atoms with Gasteiger partial charge in [-0.25, -0.2) is 9.97 Å². The van der Waals surface area contributed by atoms with Crippen LogP contribution in [0.3, 0.4) is 0 Å². The number of hydrogen-bond acceptors (Lipinski definition) is 6. The SMILES string of the molecule is NC(=O)c1nn(CC(=O)N2[C@@H]3P[C@@H]3C[C@H]2C(=O)Nc2cccc(Br)n2)c2ccc(C#Cc3ccc(C(F)(F)F)cn3)cc12. The lowest BCUT2D eigenvalue weighted by molar-refractivity contribution is -0.138. The quantitative estimate of drug-likeness (QED) is 0.189. The monoisotopic (exact) mass is 669 g/mol. The van der Waals surface area contributed by atoms with Crippen molar-refractivity contribution in [2.45, 2.75) is 36.6 Å². The molecule has 5 heterocycles. The molecule has 4 atom stereocenters. The molecule has 0 saturated carbocycles. The van der Waals surface area contributed by atoms with Gasteiger partial charge in [-0.15, -0.1) is 0 Å². The Hall–Kier alpha value is -4.34. The van der Waals surface area contributed by atoms with E-state index in [1.54, 1.807) is 41.3 Å². The molecule has 2 aliphatic heterocycles. The number of primary amides is 1. The summed E-state index contributed by atoms with van der Waals surface area (Å²) in [6, 6.07) is 11.3. The number of amides is 3. The van der Waals surface area contributed by atoms with Crippen molar-refractivity contribution >= 4 is 59.0 Å². The average molecular weight is 670 g/mol. The Bertz CT molecular complexity index is 1850. The molecule has 6 rings (SSSR count). The Balaban J connectivity index is 1.23. The van der Waals surface area contributed by atoms with Gasteiger partial charge in [0, 0.05) is 22.8 Å². The molecule has 10 nitrogen and oxygen atoms in total. The predicted molar refractivity (Wildman–Crippen MR) is 155 cm³/mol. The highest BCUT2D eigenvalue weighted by atomic mass is 79.9. The Morgan fingerprint density at radius 2 is 1.95 bits per heavy atom. The lowest BCUT2D eigenvalue weighted by Gasteiger charge is -2.26. The molecule has 15 heteroatoms. The van der Waals surface area contributed by atoms with Crippen molar-refractivity contribution in [2.75, 3.05) is 5.32 Å². The third-order valence-electron chi connectivity index (χ3n) is 7.02. The number of nitrogens with two attached hydrogens (primary N) is 1. The number of carbonyl (C=O) groups is 3. The van der Waals surface area contributed by atoms with Crippen molar-refractivity contribution in [3.63, 3.8) is 0 Å². The number of benzene rings is 1. The van der Waals surface area contributed by atoms with Gasteiger partial charge in [-0.05, 0) is 70.7 Å². The van der Waals surface area contributed by atoms with E-state index in [0.29, 0.717) is 48.1 Å². The first kappa shape index (κ1) is 28.8. The van der Waals surface area contributed by atoms with Gasteiger partial charge in [0.1, 0.15) is 28.7 Å². The van der Waals surface area contributed by atoms with E-state index in [4.69, 9.17) is 5.73 Å². The molecule has 218 valence electrons. The van der Waals surface area contributed by atoms with Crippen LogP contribution in [0.15, 0.2) is 59.3 Å². The van der Waals surface area contributed by atoms with Crippen LogP contribution in [0.25, 0.3) is 10.9 Å². The highest BCUT2D eigenvalue weighted by molar-refractivity contribution is 9.10. The molecular weight excluding hydrogens is 650 g/mol. The van der Waals surface area contributed by atoms with E-state index in [2.05, 4.69) is 48.2 Å². The van der Waals surface area contributed by atoms with Gasteiger partial charge in [0.15, 0.2) is 5.69 Å². The summed E-state index contributed by atoms with van der Waals surface area (Å²) in [5.74, 6) is 4.40. The van der Waals surface area contributed by atoms with Gasteiger partial charge in [-0.1, -0.05) is 20.6 Å². The predicted octanol–water partition coefficient (Wildman–Crippen LogP) is 3.73. The molecule has 2 fully saturated rings. The smallest absolute Gasteiger partial charge is 0.364 e. The molecule has 2 saturated heterocycles. The maximum absolute atomic E-state index is 13.6. The van der Waals surface area contributed by atoms with E-state index in [1.165, 1.54) is 10.7 Å². The van der Waals surface area contributed by atoms with Gasteiger partial charge >= 0.3 is 6.18 Å². The van der Waals surface area contributed by atoms with E-state index in [0.717, 1.165) is 6.07 Å². The van der Waals surface area contributed by atoms with Gasteiger partial charge in [0.05, 0.1) is 16.9 Å². The first-order valence-electron chi connectivity index (χ1n) is 12.8. The number of nitrogens with one attached hydrogen (secondary N) is 1. The van der Waals surface area contributed by atoms with Crippen LogP contribution in [0, 0.1) is 11.8 Å². The van der Waals surface area contributed by atoms with Crippen molar-refractivity contribution in [3.05, 3.63) is 81.8 Å². The molecule has 2 aliphatic rings. The maximum atomic E-state index is 13.6. The van der Waals surface area contributed by atoms with Crippen molar-refractivity contribution < 1.29 is 27.6 Å². The Morgan fingerprint density at radius 3 is 2.65 bits per heavy atom. The summed E-state index contributed by atoms with van der Waals surface area (Å²) in [4.78, 5) is 48.5. The second-order valence-electron chi connectivity index (χ2n) is 9.89. The van der Waals surface area contributed by atoms with Crippen LogP contribution in [-0.4, -0.2) is 59.9 Å². The highest BCUT2D eigenvalue weighted by Crippen LogP contribution is 2.59. The zero-order valence-corrected chi connectivity index (χ0v) is 24.5. The topological polar surface area (TPSA) is 136 Å². The van der Waals surface area contributed by atoms with Crippen LogP contribution in [0.4, 0.5) is 19.0 Å². The van der Waals surface area contributed by atoms with Gasteiger partial charge in [0.25, 0.3) is 5.91 Å². The molecule has 3 amide bonds. The van der Waals surface area contributed by atoms with Gasteiger partial charge in [0.2, 0.25) is 11.8 Å². The number of hydrogen-bond donors (Lipinski definition) is 2. The van der Waals surface area contributed by atoms with E-state index in [-0.39, 0.29) is 41.2 Å². The fourth-order valence-corrected chi connectivity index (χ4v) is 6.79. The number of nitrogens with zero attached hydrogens (tertiary/aromatic N) is 5. The first-order chi connectivity index (χ1) is 20.5. The summed E-state index contributed by atoms with van der Waals surface area (Å²) >= 11 is 3.28. The van der Waals surface area contributed by atoms with Crippen molar-refractivity contribution in [1.29, 1.82) is 0 Å². The molecule has 43 heavy (non-hydrogen) atoms. The average Bonchev–Trinajstić information content (AvgIpc) is 3.47. The number of alkyl halides is 3. The summed E-state index contributed by atoms with van der Waals surface area (Å²) in [5, 5.41) is 7.43. The molecular formula is C28H20BrF3N7O3P. The fourth-order valence-electron chi connectivity index (χ4n) is 4.97. The minimum absolute atomic E-state index is 0.0168. The lowest BCUT2D eigenvalue weighted by Crippen LogP contribution is -2.46. The maximum Gasteiger partial charge on any atom is 0.417 e. The van der Waals surface area contributed by atoms with Crippen LogP contribution < -0.4 is 11.1 Å². The Morgan fingerprint density at radius 1 is 1.14 bits per heavy atom. The summed E-state index contributed by atoms with van der Waals surface area (Å²) < 4.78 is 40.3. The second-order valence-corrected chi connectivity index (χ2v) is 12.4. The second kappa shape index (κ2) is 11.1. The largest absolute Gasteiger partial charge is 0.417 e. The van der Waals surface area contributed by atoms with Crippen molar-refractivity contribution in [2.24, 2.45) is 5.73 Å². The summed E-state index contributed by atoms with van der Waals surface area (Å²) in [7, 11) is 0.550. The zero-order chi connectivity index (χ0) is 30.5. The molecule has 0 spiro atoms. The molecule has 1 unspecified atom stereocenters. The normalized spacial score (nSPS) is 19.5. The van der Waals surface area contributed by atoms with Gasteiger partial charge < -0.3 is 16.0 Å². The number of anilines is 1. The lowest BCUT2D eigenvalue weighted by atomic mass is 10.1. The molecule has 0 bridgehead atoms. The number of halogens is 4. The molecule has 4 aromatic rings. The minimum Gasteiger partial charge on any atom is -0.364 e. The van der Waals surface area contributed by atoms with E-state index >= 15 is 0 Å². The molecule has 0 aliphatic carbocycles. The number of likely N-dealkylation sites (tertiary alicyclic amines) is 1. The van der Waals surface area contributed by atoms with Gasteiger partial charge in [-0.2, -0.15) is 18.3 Å². The van der Waals surface area contributed by atoms with E-state index in [1.807, 2.05) is 0 Å². The number of fused-ring (bicyclic) bond motifs is 2. The first-order valence-corrected chi connectivity index (χ1v) is 14.8. The summed E-state index contributed by atoms with van der Waals surface area (Å²) in [6.07, 6.45) is -3.25. The standard InChI is InChI=1S/C28H20BrF3N7O3P/c29-21-2-1-3-22(35-21)36-26(42)19-11-20-27(43-20)39(19)23(40)13-38-18-9-5-14(10-17(18)24(37-38)25(33)41)4-7-16-8-6-15(12-34-16)28(30,31)32/h1-3,5-6,8-10,12,19-20,27,43H,11,13H2,(H2,33,41)(H,35,36,42)/t19-,20+,27+/m0/s1. The molecule has 1 aromatic carbocycles. The van der Waals surface area contributed by atoms with Gasteiger partial charge in [-0.3, -0.25) is 19.1 Å². The van der Waals surface area contributed by atoms with Crippen molar-refractivity contribution in [3.8, 4) is 11.8 Å². The van der Waals surface area contributed by atoms with Crippen LogP contribution in [0.1, 0.15) is 33.7 Å². The Kier molecular flexibility index (Phi) is 7.40. The number of rotatable bonds is 5. The third kappa shape index (κ3) is 5.96. The van der Waals surface area contributed by atoms with E-state index < -0.39 is 23.7 Å². The number of aromatic nitrogens is 4. The summed E-state index contributed by atoms with van der Waals surface area (Å²) in [5.41, 5.74) is 5.91. The number of pyridine rings is 2. The van der Waals surface area contributed by atoms with Crippen molar-refractivity contribution in [1.82, 2.24) is 24.6 Å². The third-order valence-corrected chi connectivity index (χ3v) is 9.08. The van der Waals surface area contributed by atoms with Crippen LogP contribution in [-0.2, 0) is 22.3 Å². The molecule has 3 aromatic heterocycles. The Labute approximate surface area is 252 Å². The number of carbonyl (C=O) groups excluding carboxylic acids is 3. The highest BCUT2D eigenvalue weighted by Gasteiger charge is 2.56. The summed E-state index contributed by atoms with van der Waals surface area (Å²) in [6.45, 7) is -0.225. The van der Waals surface area contributed by atoms with Crippen LogP contribution in [0.2, 0.25) is 0 Å².